The summed E-state index contributed by atoms with van der Waals surface area (Å²) in [5.74, 6) is -4.37. The van der Waals surface area contributed by atoms with E-state index >= 15 is 0 Å². The molecule has 0 aliphatic rings. The van der Waals surface area contributed by atoms with Crippen LogP contribution in [0.2, 0.25) is 0 Å². The van der Waals surface area contributed by atoms with E-state index in [-0.39, 0.29) is 21.1 Å². The summed E-state index contributed by atoms with van der Waals surface area (Å²) in [7, 11) is 0. The molecule has 0 radical (unpaired) electrons. The van der Waals surface area contributed by atoms with Crippen LogP contribution in [-0.4, -0.2) is 25.0 Å². The van der Waals surface area contributed by atoms with E-state index in [1.54, 1.807) is 0 Å². The number of carboxylic acid groups (broad SMARTS) is 2. The van der Waals surface area contributed by atoms with E-state index in [1.165, 1.54) is 0 Å². The molecule has 0 rings (SSSR count). The van der Waals surface area contributed by atoms with Crippen LogP contribution in [0.4, 0.5) is 0 Å². The van der Waals surface area contributed by atoms with Crippen LogP contribution >= 0.6 is 0 Å². The minimum absolute atomic E-state index is 0. The van der Waals surface area contributed by atoms with Crippen LogP contribution in [0.25, 0.3) is 0 Å². The number of nitrogens with two attached hydrogens (primary N) is 2. The molecule has 0 bridgehead atoms. The van der Waals surface area contributed by atoms with Gasteiger partial charge < -0.3 is 31.3 Å². The van der Waals surface area contributed by atoms with Crippen molar-refractivity contribution in [2.75, 3.05) is 13.1 Å². The summed E-state index contributed by atoms with van der Waals surface area (Å²) >= 11 is 0. The Labute approximate surface area is 77.8 Å². The SMILES string of the molecule is NCCN.O=C([O-])C(=O)[O-].[Pt+2]. The molecular formula is C4H8N2O4Pt. The molecule has 6 nitrogen and oxygen atoms in total. The first-order chi connectivity index (χ1) is 4.56. The Balaban J connectivity index is -0.000000114. The Kier molecular flexibility index (Phi) is 18.8. The van der Waals surface area contributed by atoms with Crippen LogP contribution in [-0.2, 0) is 30.7 Å². The number of hydrogen-bond donors (Lipinski definition) is 2. The van der Waals surface area contributed by atoms with Crippen molar-refractivity contribution < 1.29 is 40.9 Å². The minimum atomic E-state index is -2.19. The van der Waals surface area contributed by atoms with E-state index in [2.05, 4.69) is 0 Å². The molecule has 11 heavy (non-hydrogen) atoms. The fourth-order valence-electron chi connectivity index (χ4n) is 0. The number of rotatable bonds is 1. The maximum Gasteiger partial charge on any atom is 2.00 e. The summed E-state index contributed by atoms with van der Waals surface area (Å²) in [6.45, 7) is 1.19. The topological polar surface area (TPSA) is 132 Å². The van der Waals surface area contributed by atoms with Crippen molar-refractivity contribution in [1.82, 2.24) is 0 Å². The van der Waals surface area contributed by atoms with Crippen LogP contribution in [0.1, 0.15) is 0 Å². The monoisotopic (exact) mass is 343 g/mol. The Morgan fingerprint density at radius 2 is 1.18 bits per heavy atom. The van der Waals surface area contributed by atoms with Crippen molar-refractivity contribution in [3.05, 3.63) is 0 Å². The molecule has 7 heteroatoms. The van der Waals surface area contributed by atoms with Gasteiger partial charge in [-0.25, -0.2) is 0 Å². The second kappa shape index (κ2) is 12.2. The van der Waals surface area contributed by atoms with Gasteiger partial charge in [0.2, 0.25) is 0 Å². The normalized spacial score (nSPS) is 6.73. The van der Waals surface area contributed by atoms with Gasteiger partial charge in [-0.15, -0.1) is 0 Å². The van der Waals surface area contributed by atoms with Crippen molar-refractivity contribution in [3.63, 3.8) is 0 Å². The summed E-state index contributed by atoms with van der Waals surface area (Å²) in [4.78, 5) is 17.9. The van der Waals surface area contributed by atoms with Crippen molar-refractivity contribution in [3.8, 4) is 0 Å². The first kappa shape index (κ1) is 16.9. The molecule has 4 N–H and O–H groups in total. The predicted molar refractivity (Wildman–Crippen MR) is 28.1 cm³/mol. The van der Waals surface area contributed by atoms with Crippen molar-refractivity contribution in [2.24, 2.45) is 11.5 Å². The molecule has 0 amide bonds. The molecule has 0 saturated carbocycles. The maximum atomic E-state index is 8.93. The van der Waals surface area contributed by atoms with Gasteiger partial charge in [-0.3, -0.25) is 0 Å². The molecule has 0 fully saturated rings. The third-order valence-corrected chi connectivity index (χ3v) is 0.333. The van der Waals surface area contributed by atoms with Gasteiger partial charge in [0, 0.05) is 13.1 Å². The van der Waals surface area contributed by atoms with Crippen LogP contribution in [0.15, 0.2) is 0 Å². The van der Waals surface area contributed by atoms with E-state index in [0.29, 0.717) is 13.1 Å². The average molecular weight is 343 g/mol. The zero-order chi connectivity index (χ0) is 8.57. The van der Waals surface area contributed by atoms with Gasteiger partial charge >= 0.3 is 21.1 Å². The summed E-state index contributed by atoms with van der Waals surface area (Å²) in [5, 5.41) is 17.9. The summed E-state index contributed by atoms with van der Waals surface area (Å²) < 4.78 is 0. The van der Waals surface area contributed by atoms with Crippen molar-refractivity contribution >= 4 is 11.9 Å². The average Bonchev–Trinajstić information content (AvgIpc) is 1.89. The summed E-state index contributed by atoms with van der Waals surface area (Å²) in [6.07, 6.45) is 0. The largest absolute Gasteiger partial charge is 2.00 e. The van der Waals surface area contributed by atoms with Gasteiger partial charge in [0.15, 0.2) is 0 Å². The van der Waals surface area contributed by atoms with E-state index in [1.807, 2.05) is 0 Å². The van der Waals surface area contributed by atoms with Gasteiger partial charge in [-0.2, -0.15) is 0 Å². The molecule has 0 aromatic rings. The number of hydrogen-bond acceptors (Lipinski definition) is 6. The second-order valence-corrected chi connectivity index (χ2v) is 1.15. The Bertz CT molecular complexity index is 105. The maximum absolute atomic E-state index is 8.93. The molecule has 0 spiro atoms. The van der Waals surface area contributed by atoms with Gasteiger partial charge in [-0.05, 0) is 0 Å². The van der Waals surface area contributed by atoms with Crippen molar-refractivity contribution in [1.29, 1.82) is 0 Å². The minimum Gasteiger partial charge on any atom is -0.543 e. The van der Waals surface area contributed by atoms with Crippen LogP contribution in [0, 0.1) is 0 Å². The summed E-state index contributed by atoms with van der Waals surface area (Å²) in [6, 6.07) is 0. The van der Waals surface area contributed by atoms with Crippen LogP contribution in [0.5, 0.6) is 0 Å². The third kappa shape index (κ3) is 26.3. The van der Waals surface area contributed by atoms with Gasteiger partial charge in [0.05, 0.1) is 11.9 Å². The fourth-order valence-corrected chi connectivity index (χ4v) is 0. The molecule has 0 heterocycles. The van der Waals surface area contributed by atoms with Gasteiger partial charge in [0.25, 0.3) is 0 Å². The number of carbonyl (C=O) groups is 2. The quantitative estimate of drug-likeness (QED) is 0.461. The molecule has 68 valence electrons. The molecule has 0 aromatic carbocycles. The molecular weight excluding hydrogens is 335 g/mol. The third-order valence-electron chi connectivity index (χ3n) is 0.333. The standard InChI is InChI=1S/C2H8N2.C2H2O4.Pt/c3-1-2-4;3-1(4)2(5)6;/h1-4H2;(H,3,4)(H,5,6);/q;;+2/p-2. The van der Waals surface area contributed by atoms with Crippen LogP contribution in [0.3, 0.4) is 0 Å². The first-order valence-electron chi connectivity index (χ1n) is 2.38. The first-order valence-corrected chi connectivity index (χ1v) is 2.38. The van der Waals surface area contributed by atoms with Gasteiger partial charge in [0.1, 0.15) is 0 Å². The van der Waals surface area contributed by atoms with E-state index in [0.717, 1.165) is 0 Å². The van der Waals surface area contributed by atoms with Crippen LogP contribution < -0.4 is 21.7 Å². The Morgan fingerprint density at radius 3 is 1.18 bits per heavy atom. The molecule has 0 atom stereocenters. The molecule has 0 aromatic heterocycles. The number of carboxylic acids is 2. The summed E-state index contributed by atoms with van der Waals surface area (Å²) in [5.41, 5.74) is 9.81. The fraction of sp³-hybridized carbons (Fsp3) is 0.500. The smallest absolute Gasteiger partial charge is 0.543 e. The predicted octanol–water partition coefficient (Wildman–Crippen LogP) is -4.61. The van der Waals surface area contributed by atoms with Gasteiger partial charge in [-0.1, -0.05) is 0 Å². The van der Waals surface area contributed by atoms with E-state index < -0.39 is 11.9 Å². The molecule has 0 saturated heterocycles. The second-order valence-electron chi connectivity index (χ2n) is 1.15. The zero-order valence-electron chi connectivity index (χ0n) is 5.52. The zero-order valence-corrected chi connectivity index (χ0v) is 7.79. The molecule has 0 unspecified atom stereocenters. The number of aliphatic carboxylic acids is 2. The van der Waals surface area contributed by atoms with Crippen molar-refractivity contribution in [2.45, 2.75) is 0 Å². The molecule has 0 aliphatic carbocycles. The van der Waals surface area contributed by atoms with E-state index in [9.17, 15) is 0 Å². The van der Waals surface area contributed by atoms with E-state index in [4.69, 9.17) is 31.3 Å². The Morgan fingerprint density at radius 1 is 1.00 bits per heavy atom. The number of carbonyl (C=O) groups excluding carboxylic acids is 2. The molecule has 0 aliphatic heterocycles. The Hall–Kier alpha value is -0.452.